The molecule has 0 spiro atoms. The van der Waals surface area contributed by atoms with Gasteiger partial charge in [-0.3, -0.25) is 9.69 Å². The summed E-state index contributed by atoms with van der Waals surface area (Å²) in [5, 5.41) is 0. The van der Waals surface area contributed by atoms with E-state index in [9.17, 15) is 9.18 Å². The Morgan fingerprint density at radius 2 is 1.65 bits per heavy atom. The number of rotatable bonds is 11. The first-order valence-corrected chi connectivity index (χ1v) is 13.6. The van der Waals surface area contributed by atoms with Crippen LogP contribution in [0.15, 0.2) is 78.9 Å². The van der Waals surface area contributed by atoms with Gasteiger partial charge in [-0.2, -0.15) is 0 Å². The van der Waals surface area contributed by atoms with Crippen molar-refractivity contribution < 1.29 is 13.9 Å². The zero-order valence-corrected chi connectivity index (χ0v) is 22.2. The summed E-state index contributed by atoms with van der Waals surface area (Å²) in [6.45, 7) is 9.33. The van der Waals surface area contributed by atoms with Gasteiger partial charge in [-0.25, -0.2) is 4.39 Å². The van der Waals surface area contributed by atoms with Crippen molar-refractivity contribution in [1.29, 1.82) is 0 Å². The lowest BCUT2D eigenvalue weighted by Gasteiger charge is -2.37. The number of benzene rings is 3. The van der Waals surface area contributed by atoms with Gasteiger partial charge in [0, 0.05) is 37.4 Å². The standard InChI is InChI=1S/C32H39FN2O2/c1-3-24-37-31(36)32(4-2,27-13-6-5-7-14-27)18-11-19-34-20-22-35(23-21-34)28-15-10-12-26(25-28)29-16-8-9-17-30(29)33/h5-10,12-17,25H,3-4,11,18-24H2,1-2H3. The monoisotopic (exact) mass is 502 g/mol. The molecule has 4 rings (SSSR count). The first kappa shape index (κ1) is 26.9. The molecule has 0 N–H and O–H groups in total. The minimum Gasteiger partial charge on any atom is -0.465 e. The molecule has 1 aliphatic rings. The zero-order chi connectivity index (χ0) is 26.1. The molecule has 1 unspecified atom stereocenters. The van der Waals surface area contributed by atoms with E-state index in [1.165, 1.54) is 6.07 Å². The second-order valence-electron chi connectivity index (χ2n) is 9.90. The molecule has 0 radical (unpaired) electrons. The number of halogens is 1. The fourth-order valence-electron chi connectivity index (χ4n) is 5.38. The van der Waals surface area contributed by atoms with E-state index in [0.29, 0.717) is 12.2 Å². The van der Waals surface area contributed by atoms with Gasteiger partial charge in [0.2, 0.25) is 0 Å². The average Bonchev–Trinajstić information content (AvgIpc) is 2.95. The van der Waals surface area contributed by atoms with Gasteiger partial charge < -0.3 is 9.64 Å². The van der Waals surface area contributed by atoms with Crippen LogP contribution in [0.25, 0.3) is 11.1 Å². The summed E-state index contributed by atoms with van der Waals surface area (Å²) in [4.78, 5) is 18.1. The Morgan fingerprint density at radius 3 is 2.35 bits per heavy atom. The normalized spacial score (nSPS) is 15.8. The van der Waals surface area contributed by atoms with Crippen LogP contribution in [0.2, 0.25) is 0 Å². The third kappa shape index (κ3) is 6.40. The number of anilines is 1. The number of hydrogen-bond acceptors (Lipinski definition) is 4. The van der Waals surface area contributed by atoms with Crippen molar-refractivity contribution in [3.05, 3.63) is 90.2 Å². The molecular formula is C32H39FN2O2. The first-order chi connectivity index (χ1) is 18.1. The van der Waals surface area contributed by atoms with Gasteiger partial charge in [-0.15, -0.1) is 0 Å². The molecule has 196 valence electrons. The number of ether oxygens (including phenoxy) is 1. The van der Waals surface area contributed by atoms with Crippen LogP contribution >= 0.6 is 0 Å². The number of carbonyl (C=O) groups excluding carboxylic acids is 1. The summed E-state index contributed by atoms with van der Waals surface area (Å²) in [7, 11) is 0. The predicted molar refractivity (Wildman–Crippen MR) is 149 cm³/mol. The Labute approximate surface area is 221 Å². The molecular weight excluding hydrogens is 463 g/mol. The Bertz CT molecular complexity index is 1140. The van der Waals surface area contributed by atoms with E-state index in [1.54, 1.807) is 6.07 Å². The predicted octanol–water partition coefficient (Wildman–Crippen LogP) is 6.70. The summed E-state index contributed by atoms with van der Waals surface area (Å²) in [5.41, 5.74) is 3.14. The summed E-state index contributed by atoms with van der Waals surface area (Å²) in [6.07, 6.45) is 3.27. The summed E-state index contributed by atoms with van der Waals surface area (Å²) < 4.78 is 20.0. The van der Waals surface area contributed by atoms with Crippen molar-refractivity contribution in [1.82, 2.24) is 4.90 Å². The molecule has 1 fully saturated rings. The Morgan fingerprint density at radius 1 is 0.919 bits per heavy atom. The molecule has 37 heavy (non-hydrogen) atoms. The van der Waals surface area contributed by atoms with Crippen molar-refractivity contribution in [2.24, 2.45) is 0 Å². The van der Waals surface area contributed by atoms with Crippen molar-refractivity contribution >= 4 is 11.7 Å². The topological polar surface area (TPSA) is 32.8 Å². The minimum atomic E-state index is -0.592. The quantitative estimate of drug-likeness (QED) is 0.273. The summed E-state index contributed by atoms with van der Waals surface area (Å²) >= 11 is 0. The molecule has 1 atom stereocenters. The van der Waals surface area contributed by atoms with E-state index in [1.807, 2.05) is 49.4 Å². The smallest absolute Gasteiger partial charge is 0.316 e. The van der Waals surface area contributed by atoms with Crippen molar-refractivity contribution in [2.45, 2.75) is 44.9 Å². The molecule has 5 heteroatoms. The summed E-state index contributed by atoms with van der Waals surface area (Å²) in [5.74, 6) is -0.288. The van der Waals surface area contributed by atoms with Gasteiger partial charge in [0.25, 0.3) is 0 Å². The van der Waals surface area contributed by atoms with Crippen molar-refractivity contribution in [3.63, 3.8) is 0 Å². The maximum atomic E-state index is 14.3. The lowest BCUT2D eigenvalue weighted by Crippen LogP contribution is -2.47. The van der Waals surface area contributed by atoms with Crippen LogP contribution < -0.4 is 4.90 Å². The molecule has 1 aliphatic heterocycles. The van der Waals surface area contributed by atoms with Gasteiger partial charge in [0.15, 0.2) is 0 Å². The van der Waals surface area contributed by atoms with E-state index in [4.69, 9.17) is 4.74 Å². The minimum absolute atomic E-state index is 0.0948. The molecule has 3 aromatic rings. The summed E-state index contributed by atoms with van der Waals surface area (Å²) in [6, 6.07) is 25.2. The highest BCUT2D eigenvalue weighted by Gasteiger charge is 2.39. The van der Waals surface area contributed by atoms with Crippen LogP contribution in [0.1, 0.15) is 45.1 Å². The zero-order valence-electron chi connectivity index (χ0n) is 22.2. The third-order valence-corrected chi connectivity index (χ3v) is 7.60. The molecule has 0 saturated carbocycles. The molecule has 3 aromatic carbocycles. The van der Waals surface area contributed by atoms with Crippen LogP contribution in [0.4, 0.5) is 10.1 Å². The Kier molecular flexibility index (Phi) is 9.34. The highest BCUT2D eigenvalue weighted by atomic mass is 19.1. The van der Waals surface area contributed by atoms with Gasteiger partial charge >= 0.3 is 5.97 Å². The Hall–Kier alpha value is -3.18. The molecule has 1 saturated heterocycles. The molecule has 0 amide bonds. The maximum Gasteiger partial charge on any atom is 0.316 e. The van der Waals surface area contributed by atoms with E-state index >= 15 is 0 Å². The van der Waals surface area contributed by atoms with Gasteiger partial charge in [0.05, 0.1) is 12.0 Å². The van der Waals surface area contributed by atoms with Gasteiger partial charge in [-0.1, -0.05) is 74.5 Å². The number of hydrogen-bond donors (Lipinski definition) is 0. The van der Waals surface area contributed by atoms with Crippen LogP contribution in [-0.2, 0) is 14.9 Å². The van der Waals surface area contributed by atoms with E-state index < -0.39 is 5.41 Å². The molecule has 0 bridgehead atoms. The SMILES string of the molecule is CCCOC(=O)C(CC)(CCCN1CCN(c2cccc(-c3ccccc3F)c2)CC1)c1ccccc1. The van der Waals surface area contributed by atoms with Crippen LogP contribution in [-0.4, -0.2) is 50.2 Å². The lowest BCUT2D eigenvalue weighted by atomic mass is 9.74. The molecule has 0 aromatic heterocycles. The Balaban J connectivity index is 1.35. The maximum absolute atomic E-state index is 14.3. The fraction of sp³-hybridized carbons (Fsp3) is 0.406. The van der Waals surface area contributed by atoms with Crippen LogP contribution in [0.3, 0.4) is 0 Å². The average molecular weight is 503 g/mol. The second-order valence-corrected chi connectivity index (χ2v) is 9.90. The van der Waals surface area contributed by atoms with Gasteiger partial charge in [-0.05, 0) is 61.6 Å². The van der Waals surface area contributed by atoms with E-state index in [-0.39, 0.29) is 11.8 Å². The van der Waals surface area contributed by atoms with E-state index in [2.05, 4.69) is 41.0 Å². The first-order valence-electron chi connectivity index (χ1n) is 13.6. The number of carbonyl (C=O) groups is 1. The number of piperazine rings is 1. The highest BCUT2D eigenvalue weighted by molar-refractivity contribution is 5.83. The largest absolute Gasteiger partial charge is 0.465 e. The second kappa shape index (κ2) is 12.9. The van der Waals surface area contributed by atoms with Crippen molar-refractivity contribution in [3.8, 4) is 11.1 Å². The molecule has 1 heterocycles. The lowest BCUT2D eigenvalue weighted by molar-refractivity contribution is -0.151. The van der Waals surface area contributed by atoms with Crippen molar-refractivity contribution in [2.75, 3.05) is 44.2 Å². The van der Waals surface area contributed by atoms with Crippen LogP contribution in [0.5, 0.6) is 0 Å². The molecule has 0 aliphatic carbocycles. The number of nitrogens with zero attached hydrogens (tertiary/aromatic N) is 2. The van der Waals surface area contributed by atoms with E-state index in [0.717, 1.165) is 75.2 Å². The third-order valence-electron chi connectivity index (χ3n) is 7.60. The molecule has 4 nitrogen and oxygen atoms in total. The fourth-order valence-corrected chi connectivity index (χ4v) is 5.38. The van der Waals surface area contributed by atoms with Gasteiger partial charge in [0.1, 0.15) is 5.82 Å². The van der Waals surface area contributed by atoms with Crippen LogP contribution in [0, 0.1) is 5.82 Å². The highest BCUT2D eigenvalue weighted by Crippen LogP contribution is 2.35. The number of esters is 1.